The molecular weight excluding hydrogens is 328 g/mol. The highest BCUT2D eigenvalue weighted by Crippen LogP contribution is 2.27. The third-order valence-corrected chi connectivity index (χ3v) is 5.54. The van der Waals surface area contributed by atoms with E-state index in [-0.39, 0.29) is 6.04 Å². The van der Waals surface area contributed by atoms with E-state index in [1.807, 2.05) is 24.5 Å². The standard InChI is InChI=1S/C20H28N4O2/c1-16-20-22-12-19(15-26-14-17-5-10-25-11-6-17)24(20)9-8-23(16)13-18-4-2-3-7-21-18/h2-4,7,12,16-17H,5-6,8-11,13-15H2,1H3/t16-/m1/s1. The van der Waals surface area contributed by atoms with Gasteiger partial charge in [-0.1, -0.05) is 6.07 Å². The molecule has 0 unspecified atom stereocenters. The monoisotopic (exact) mass is 356 g/mol. The molecule has 4 rings (SSSR count). The van der Waals surface area contributed by atoms with Gasteiger partial charge in [0.05, 0.1) is 36.8 Å². The van der Waals surface area contributed by atoms with Crippen LogP contribution >= 0.6 is 0 Å². The fourth-order valence-electron chi connectivity index (χ4n) is 3.88. The van der Waals surface area contributed by atoms with E-state index in [0.717, 1.165) is 63.8 Å². The maximum Gasteiger partial charge on any atom is 0.126 e. The Hall–Kier alpha value is -1.76. The number of imidazole rings is 1. The quantitative estimate of drug-likeness (QED) is 0.797. The molecule has 0 bridgehead atoms. The molecule has 6 nitrogen and oxygen atoms in total. The molecule has 2 aliphatic heterocycles. The van der Waals surface area contributed by atoms with E-state index < -0.39 is 0 Å². The molecular formula is C20H28N4O2. The Bertz CT molecular complexity index is 697. The number of rotatable bonds is 6. The lowest BCUT2D eigenvalue weighted by Crippen LogP contribution is -2.37. The molecule has 1 atom stereocenters. The van der Waals surface area contributed by atoms with Crippen molar-refractivity contribution in [2.75, 3.05) is 26.4 Å². The number of aromatic nitrogens is 3. The van der Waals surface area contributed by atoms with E-state index in [9.17, 15) is 0 Å². The summed E-state index contributed by atoms with van der Waals surface area (Å²) in [6.07, 6.45) is 6.08. The SMILES string of the molecule is C[C@@H]1c2ncc(COCC3CCOCC3)n2CCN1Cc1ccccn1. The van der Waals surface area contributed by atoms with Gasteiger partial charge >= 0.3 is 0 Å². The molecule has 0 radical (unpaired) electrons. The van der Waals surface area contributed by atoms with E-state index >= 15 is 0 Å². The van der Waals surface area contributed by atoms with Gasteiger partial charge in [0.15, 0.2) is 0 Å². The molecule has 1 saturated heterocycles. The minimum absolute atomic E-state index is 0.287. The topological polar surface area (TPSA) is 52.4 Å². The average Bonchev–Trinajstić information content (AvgIpc) is 3.10. The zero-order valence-corrected chi connectivity index (χ0v) is 15.5. The van der Waals surface area contributed by atoms with Crippen LogP contribution in [0.3, 0.4) is 0 Å². The smallest absolute Gasteiger partial charge is 0.126 e. The molecule has 0 spiro atoms. The van der Waals surface area contributed by atoms with Crippen LogP contribution in [-0.4, -0.2) is 45.8 Å². The van der Waals surface area contributed by atoms with E-state index in [2.05, 4.69) is 27.4 Å². The van der Waals surface area contributed by atoms with Gasteiger partial charge in [0.25, 0.3) is 0 Å². The van der Waals surface area contributed by atoms with Crippen molar-refractivity contribution >= 4 is 0 Å². The van der Waals surface area contributed by atoms with Gasteiger partial charge in [-0.15, -0.1) is 0 Å². The highest BCUT2D eigenvalue weighted by Gasteiger charge is 2.27. The fraction of sp³-hybridized carbons (Fsp3) is 0.600. The molecule has 2 aliphatic rings. The van der Waals surface area contributed by atoms with Gasteiger partial charge in [0, 0.05) is 39.0 Å². The Kier molecular flexibility index (Phi) is 5.62. The number of fused-ring (bicyclic) bond motifs is 1. The van der Waals surface area contributed by atoms with Crippen molar-refractivity contribution in [3.8, 4) is 0 Å². The predicted molar refractivity (Wildman–Crippen MR) is 98.5 cm³/mol. The lowest BCUT2D eigenvalue weighted by atomic mass is 10.0. The Morgan fingerprint density at radius 2 is 2.08 bits per heavy atom. The van der Waals surface area contributed by atoms with Gasteiger partial charge in [-0.05, 0) is 37.8 Å². The summed E-state index contributed by atoms with van der Waals surface area (Å²) < 4.78 is 13.8. The third-order valence-electron chi connectivity index (χ3n) is 5.54. The van der Waals surface area contributed by atoms with Crippen LogP contribution in [-0.2, 0) is 29.2 Å². The largest absolute Gasteiger partial charge is 0.381 e. The Balaban J connectivity index is 1.34. The van der Waals surface area contributed by atoms with Crippen molar-refractivity contribution in [3.05, 3.63) is 47.8 Å². The summed E-state index contributed by atoms with van der Waals surface area (Å²) in [4.78, 5) is 11.6. The second-order valence-electron chi connectivity index (χ2n) is 7.30. The van der Waals surface area contributed by atoms with Crippen LogP contribution in [0.25, 0.3) is 0 Å². The molecule has 0 N–H and O–H groups in total. The molecule has 0 aliphatic carbocycles. The molecule has 140 valence electrons. The van der Waals surface area contributed by atoms with Crippen LogP contribution < -0.4 is 0 Å². The number of hydrogen-bond donors (Lipinski definition) is 0. The van der Waals surface area contributed by atoms with Gasteiger partial charge in [-0.2, -0.15) is 0 Å². The fourth-order valence-corrected chi connectivity index (χ4v) is 3.88. The highest BCUT2D eigenvalue weighted by atomic mass is 16.5. The summed E-state index contributed by atoms with van der Waals surface area (Å²) >= 11 is 0. The van der Waals surface area contributed by atoms with Crippen molar-refractivity contribution < 1.29 is 9.47 Å². The first-order valence-electron chi connectivity index (χ1n) is 9.65. The van der Waals surface area contributed by atoms with E-state index in [0.29, 0.717) is 12.5 Å². The van der Waals surface area contributed by atoms with Crippen LogP contribution in [0.15, 0.2) is 30.6 Å². The molecule has 0 saturated carbocycles. The minimum Gasteiger partial charge on any atom is -0.381 e. The van der Waals surface area contributed by atoms with Gasteiger partial charge in [-0.25, -0.2) is 4.98 Å². The number of ether oxygens (including phenoxy) is 2. The van der Waals surface area contributed by atoms with E-state index in [4.69, 9.17) is 14.5 Å². The lowest BCUT2D eigenvalue weighted by molar-refractivity contribution is 0.0139. The summed E-state index contributed by atoms with van der Waals surface area (Å²) in [6.45, 7) is 8.29. The Morgan fingerprint density at radius 1 is 1.19 bits per heavy atom. The lowest BCUT2D eigenvalue weighted by Gasteiger charge is -2.34. The van der Waals surface area contributed by atoms with Crippen molar-refractivity contribution in [1.29, 1.82) is 0 Å². The highest BCUT2D eigenvalue weighted by molar-refractivity contribution is 5.12. The van der Waals surface area contributed by atoms with Crippen molar-refractivity contribution in [2.45, 2.75) is 45.5 Å². The van der Waals surface area contributed by atoms with Gasteiger partial charge < -0.3 is 14.0 Å². The second kappa shape index (κ2) is 8.29. The summed E-state index contributed by atoms with van der Waals surface area (Å²) in [5.41, 5.74) is 2.30. The normalized spacial score (nSPS) is 21.7. The molecule has 26 heavy (non-hydrogen) atoms. The maximum atomic E-state index is 6.00. The Morgan fingerprint density at radius 3 is 2.88 bits per heavy atom. The molecule has 0 amide bonds. The number of nitrogens with zero attached hydrogens (tertiary/aromatic N) is 4. The minimum atomic E-state index is 0.287. The summed E-state index contributed by atoms with van der Waals surface area (Å²) in [6, 6.07) is 6.38. The Labute approximate surface area is 155 Å². The van der Waals surface area contributed by atoms with Gasteiger partial charge in [-0.3, -0.25) is 9.88 Å². The predicted octanol–water partition coefficient (Wildman–Crippen LogP) is 2.80. The number of pyridine rings is 1. The van der Waals surface area contributed by atoms with Crippen LogP contribution in [0.1, 0.15) is 43.0 Å². The molecule has 0 aromatic carbocycles. The molecule has 4 heterocycles. The van der Waals surface area contributed by atoms with Crippen molar-refractivity contribution in [2.24, 2.45) is 5.92 Å². The average molecular weight is 356 g/mol. The molecule has 2 aromatic heterocycles. The van der Waals surface area contributed by atoms with E-state index in [1.165, 1.54) is 5.69 Å². The van der Waals surface area contributed by atoms with Crippen LogP contribution in [0.4, 0.5) is 0 Å². The van der Waals surface area contributed by atoms with Crippen LogP contribution in [0, 0.1) is 5.92 Å². The summed E-state index contributed by atoms with van der Waals surface area (Å²) in [7, 11) is 0. The van der Waals surface area contributed by atoms with Gasteiger partial charge in [0.1, 0.15) is 5.82 Å². The first kappa shape index (κ1) is 17.6. The zero-order chi connectivity index (χ0) is 17.8. The first-order chi connectivity index (χ1) is 12.8. The zero-order valence-electron chi connectivity index (χ0n) is 15.5. The summed E-state index contributed by atoms with van der Waals surface area (Å²) in [5, 5.41) is 0. The molecule has 1 fully saturated rings. The van der Waals surface area contributed by atoms with Crippen LogP contribution in [0.2, 0.25) is 0 Å². The number of hydrogen-bond acceptors (Lipinski definition) is 5. The van der Waals surface area contributed by atoms with E-state index in [1.54, 1.807) is 0 Å². The van der Waals surface area contributed by atoms with Crippen molar-refractivity contribution in [3.63, 3.8) is 0 Å². The van der Waals surface area contributed by atoms with Gasteiger partial charge in [0.2, 0.25) is 0 Å². The third kappa shape index (κ3) is 3.98. The first-order valence-corrected chi connectivity index (χ1v) is 9.65. The maximum absolute atomic E-state index is 6.00. The molecule has 6 heteroatoms. The van der Waals surface area contributed by atoms with Crippen molar-refractivity contribution in [1.82, 2.24) is 19.4 Å². The van der Waals surface area contributed by atoms with Crippen LogP contribution in [0.5, 0.6) is 0 Å². The molecule has 2 aromatic rings. The second-order valence-corrected chi connectivity index (χ2v) is 7.30. The summed E-state index contributed by atoms with van der Waals surface area (Å²) in [5.74, 6) is 1.78.